The summed E-state index contributed by atoms with van der Waals surface area (Å²) in [6, 6.07) is 9.05. The minimum Gasteiger partial charge on any atom is -0.494 e. The molecule has 0 unspecified atom stereocenters. The SMILES string of the molecule is COc1cnc(-n2cnc(C)n2)c2[nH]cc(C(=O)C(=O)NCC3CN(C(=O)c4ccccc4)C3)c12. The maximum absolute atomic E-state index is 13.0. The number of methoxy groups -OCH3 is 1. The van der Waals surface area contributed by atoms with Crippen molar-refractivity contribution in [1.82, 2.24) is 34.9 Å². The zero-order chi connectivity index (χ0) is 24.5. The Morgan fingerprint density at radius 3 is 2.63 bits per heavy atom. The molecule has 0 saturated carbocycles. The standard InChI is InChI=1S/C24H23N7O4/c1-14-28-13-31(29-14)22-20-19(18(35-2)10-26-22)17(9-25-20)21(32)23(33)27-8-15-11-30(12-15)24(34)16-6-4-3-5-7-16/h3-7,9-10,13,15,25H,8,11-12H2,1-2H3,(H,27,33). The lowest BCUT2D eigenvalue weighted by Gasteiger charge is -2.39. The molecular formula is C24H23N7O4. The Morgan fingerprint density at radius 1 is 1.17 bits per heavy atom. The maximum atomic E-state index is 13.0. The van der Waals surface area contributed by atoms with Crippen LogP contribution in [0.25, 0.3) is 16.7 Å². The molecule has 35 heavy (non-hydrogen) atoms. The minimum absolute atomic E-state index is 0.0397. The topological polar surface area (TPSA) is 135 Å². The third kappa shape index (κ3) is 4.12. The van der Waals surface area contributed by atoms with Gasteiger partial charge in [0.15, 0.2) is 5.82 Å². The lowest BCUT2D eigenvalue weighted by atomic mass is 9.98. The Hall–Kier alpha value is -4.54. The molecule has 0 atom stereocenters. The van der Waals surface area contributed by atoms with E-state index in [2.05, 4.69) is 25.4 Å². The van der Waals surface area contributed by atoms with Crippen LogP contribution in [0.1, 0.15) is 26.5 Å². The van der Waals surface area contributed by atoms with Crippen molar-refractivity contribution in [3.8, 4) is 11.6 Å². The fraction of sp³-hybridized carbons (Fsp3) is 0.250. The summed E-state index contributed by atoms with van der Waals surface area (Å²) < 4.78 is 6.89. The van der Waals surface area contributed by atoms with E-state index in [4.69, 9.17) is 4.74 Å². The summed E-state index contributed by atoms with van der Waals surface area (Å²) >= 11 is 0. The number of ether oxygens (including phenoxy) is 1. The number of aromatic nitrogens is 5. The van der Waals surface area contributed by atoms with Gasteiger partial charge in [-0.05, 0) is 19.1 Å². The zero-order valence-corrected chi connectivity index (χ0v) is 19.2. The first-order valence-electron chi connectivity index (χ1n) is 11.1. The zero-order valence-electron chi connectivity index (χ0n) is 19.2. The highest BCUT2D eigenvalue weighted by Gasteiger charge is 2.32. The Bertz CT molecular complexity index is 1420. The Labute approximate surface area is 200 Å². The van der Waals surface area contributed by atoms with Crippen LogP contribution in [0.5, 0.6) is 5.75 Å². The lowest BCUT2D eigenvalue weighted by molar-refractivity contribution is -0.117. The van der Waals surface area contributed by atoms with E-state index in [1.165, 1.54) is 30.5 Å². The van der Waals surface area contributed by atoms with Crippen LogP contribution >= 0.6 is 0 Å². The van der Waals surface area contributed by atoms with Gasteiger partial charge in [0.2, 0.25) is 0 Å². The van der Waals surface area contributed by atoms with Crippen molar-refractivity contribution < 1.29 is 19.1 Å². The number of H-pyrrole nitrogens is 1. The molecule has 4 heterocycles. The number of carbonyl (C=O) groups excluding carboxylic acids is 3. The first kappa shape index (κ1) is 22.3. The average Bonchev–Trinajstić information content (AvgIpc) is 3.49. The Morgan fingerprint density at radius 2 is 1.94 bits per heavy atom. The third-order valence-electron chi connectivity index (χ3n) is 5.96. The summed E-state index contributed by atoms with van der Waals surface area (Å²) in [5.41, 5.74) is 1.30. The van der Waals surface area contributed by atoms with Crippen molar-refractivity contribution in [2.24, 2.45) is 5.92 Å². The van der Waals surface area contributed by atoms with Gasteiger partial charge in [0.05, 0.1) is 29.8 Å². The normalized spacial score (nSPS) is 13.5. The molecule has 11 nitrogen and oxygen atoms in total. The van der Waals surface area contributed by atoms with E-state index in [0.29, 0.717) is 53.5 Å². The van der Waals surface area contributed by atoms with Crippen molar-refractivity contribution >= 4 is 28.5 Å². The predicted molar refractivity (Wildman–Crippen MR) is 125 cm³/mol. The third-order valence-corrected chi connectivity index (χ3v) is 5.96. The number of nitrogens with zero attached hydrogens (tertiary/aromatic N) is 5. The molecule has 2 N–H and O–H groups in total. The monoisotopic (exact) mass is 473 g/mol. The number of rotatable bonds is 7. The number of carbonyl (C=O) groups is 3. The molecule has 1 aliphatic heterocycles. The van der Waals surface area contributed by atoms with Gasteiger partial charge in [-0.15, -0.1) is 0 Å². The minimum atomic E-state index is -0.726. The Balaban J connectivity index is 1.26. The number of benzene rings is 1. The van der Waals surface area contributed by atoms with Crippen LogP contribution in [0.3, 0.4) is 0 Å². The fourth-order valence-corrected chi connectivity index (χ4v) is 4.13. The number of hydrogen-bond donors (Lipinski definition) is 2. The number of fused-ring (bicyclic) bond motifs is 1. The molecule has 4 aromatic rings. The number of pyridine rings is 1. The quantitative estimate of drug-likeness (QED) is 0.307. The van der Waals surface area contributed by atoms with E-state index in [0.717, 1.165) is 0 Å². The lowest BCUT2D eigenvalue weighted by Crippen LogP contribution is -2.54. The van der Waals surface area contributed by atoms with Crippen LogP contribution in [-0.4, -0.2) is 74.0 Å². The van der Waals surface area contributed by atoms with E-state index in [1.807, 2.05) is 18.2 Å². The van der Waals surface area contributed by atoms with Gasteiger partial charge in [-0.2, -0.15) is 5.10 Å². The molecule has 1 aliphatic rings. The smallest absolute Gasteiger partial charge is 0.292 e. The van der Waals surface area contributed by atoms with Gasteiger partial charge in [0, 0.05) is 37.3 Å². The summed E-state index contributed by atoms with van der Waals surface area (Å²) in [4.78, 5) is 51.4. The molecule has 1 fully saturated rings. The van der Waals surface area contributed by atoms with Gasteiger partial charge in [0.25, 0.3) is 17.6 Å². The number of aromatic amines is 1. The van der Waals surface area contributed by atoms with Crippen molar-refractivity contribution in [3.63, 3.8) is 0 Å². The molecule has 11 heteroatoms. The summed E-state index contributed by atoms with van der Waals surface area (Å²) in [5.74, 6) is -0.0252. The number of likely N-dealkylation sites (tertiary alicyclic amines) is 1. The second kappa shape index (κ2) is 9.01. The van der Waals surface area contributed by atoms with Crippen LogP contribution in [0, 0.1) is 12.8 Å². The first-order valence-corrected chi connectivity index (χ1v) is 11.1. The van der Waals surface area contributed by atoms with Crippen LogP contribution in [0.15, 0.2) is 49.1 Å². The summed E-state index contributed by atoms with van der Waals surface area (Å²) in [6.07, 6.45) is 4.46. The highest BCUT2D eigenvalue weighted by atomic mass is 16.5. The van der Waals surface area contributed by atoms with Gasteiger partial charge in [0.1, 0.15) is 17.9 Å². The summed E-state index contributed by atoms with van der Waals surface area (Å²) in [5, 5.41) is 7.41. The highest BCUT2D eigenvalue weighted by molar-refractivity contribution is 6.45. The van der Waals surface area contributed by atoms with Gasteiger partial charge < -0.3 is 19.9 Å². The second-order valence-electron chi connectivity index (χ2n) is 8.32. The molecular weight excluding hydrogens is 450 g/mol. The molecule has 2 amide bonds. The average molecular weight is 473 g/mol. The van der Waals surface area contributed by atoms with E-state index < -0.39 is 11.7 Å². The molecule has 0 aliphatic carbocycles. The largest absolute Gasteiger partial charge is 0.494 e. The number of ketones is 1. The first-order chi connectivity index (χ1) is 17.0. The molecule has 5 rings (SSSR count). The number of hydrogen-bond acceptors (Lipinski definition) is 7. The molecule has 0 spiro atoms. The molecule has 3 aromatic heterocycles. The van der Waals surface area contributed by atoms with Gasteiger partial charge in [-0.3, -0.25) is 14.4 Å². The van der Waals surface area contributed by atoms with E-state index in [1.54, 1.807) is 24.0 Å². The van der Waals surface area contributed by atoms with E-state index in [-0.39, 0.29) is 17.4 Å². The second-order valence-corrected chi connectivity index (χ2v) is 8.32. The summed E-state index contributed by atoms with van der Waals surface area (Å²) in [6.45, 7) is 3.10. The molecule has 0 bridgehead atoms. The van der Waals surface area contributed by atoms with Gasteiger partial charge in [-0.25, -0.2) is 14.6 Å². The van der Waals surface area contributed by atoms with E-state index in [9.17, 15) is 14.4 Å². The number of Topliss-reactive ketones (excluding diaryl/α,β-unsaturated/α-hetero) is 1. The van der Waals surface area contributed by atoms with Crippen LogP contribution in [0.2, 0.25) is 0 Å². The van der Waals surface area contributed by atoms with Crippen LogP contribution in [0.4, 0.5) is 0 Å². The van der Waals surface area contributed by atoms with Crippen molar-refractivity contribution in [2.45, 2.75) is 6.92 Å². The molecule has 178 valence electrons. The van der Waals surface area contributed by atoms with Crippen LogP contribution < -0.4 is 10.1 Å². The van der Waals surface area contributed by atoms with Crippen molar-refractivity contribution in [2.75, 3.05) is 26.7 Å². The van der Waals surface area contributed by atoms with Gasteiger partial charge >= 0.3 is 0 Å². The number of amides is 2. The highest BCUT2D eigenvalue weighted by Crippen LogP contribution is 2.31. The van der Waals surface area contributed by atoms with Crippen LogP contribution in [-0.2, 0) is 4.79 Å². The fourth-order valence-electron chi connectivity index (χ4n) is 4.13. The van der Waals surface area contributed by atoms with Crippen molar-refractivity contribution in [1.29, 1.82) is 0 Å². The van der Waals surface area contributed by atoms with E-state index >= 15 is 0 Å². The Kier molecular flexibility index (Phi) is 5.73. The molecule has 1 saturated heterocycles. The van der Waals surface area contributed by atoms with Gasteiger partial charge in [-0.1, -0.05) is 18.2 Å². The van der Waals surface area contributed by atoms with Crippen molar-refractivity contribution in [3.05, 3.63) is 66.0 Å². The molecule has 1 aromatic carbocycles. The summed E-state index contributed by atoms with van der Waals surface area (Å²) in [7, 11) is 1.47. The number of nitrogens with one attached hydrogen (secondary N) is 2. The number of aryl methyl sites for hydroxylation is 1. The molecule has 0 radical (unpaired) electrons. The predicted octanol–water partition coefficient (Wildman–Crippen LogP) is 1.53. The maximum Gasteiger partial charge on any atom is 0.292 e.